The van der Waals surface area contributed by atoms with Gasteiger partial charge in [-0.15, -0.1) is 0 Å². The van der Waals surface area contributed by atoms with Gasteiger partial charge in [-0.25, -0.2) is 8.42 Å². The predicted molar refractivity (Wildman–Crippen MR) is 79.7 cm³/mol. The lowest BCUT2D eigenvalue weighted by Crippen LogP contribution is -2.33. The molecule has 1 aromatic carbocycles. The Labute approximate surface area is 122 Å². The van der Waals surface area contributed by atoms with Gasteiger partial charge >= 0.3 is 0 Å². The molecule has 0 fully saturated rings. The molecule has 1 aromatic rings. The fraction of sp³-hybridized carbons (Fsp3) is 0.533. The fourth-order valence-electron chi connectivity index (χ4n) is 1.90. The number of nitrogens with zero attached hydrogens (tertiary/aromatic N) is 2. The van der Waals surface area contributed by atoms with Gasteiger partial charge in [0.1, 0.15) is 0 Å². The summed E-state index contributed by atoms with van der Waals surface area (Å²) in [5.41, 5.74) is 0.372. The number of unbranched alkanes of at least 4 members (excludes halogenated alkanes) is 2. The summed E-state index contributed by atoms with van der Waals surface area (Å²) in [6.45, 7) is 5.16. The molecule has 0 bridgehead atoms. The summed E-state index contributed by atoms with van der Waals surface area (Å²) in [6.07, 6.45) is 3.61. The Hall–Kier alpha value is -1.38. The molecule has 0 atom stereocenters. The predicted octanol–water partition coefficient (Wildman–Crippen LogP) is 3.15. The first-order valence-electron chi connectivity index (χ1n) is 7.06. The van der Waals surface area contributed by atoms with Crippen molar-refractivity contribution < 1.29 is 8.42 Å². The van der Waals surface area contributed by atoms with Gasteiger partial charge in [-0.2, -0.15) is 9.57 Å². The molecular formula is C15H22N2O2S. The van der Waals surface area contributed by atoms with Crippen molar-refractivity contribution in [3.8, 4) is 6.07 Å². The second-order valence-corrected chi connectivity index (χ2v) is 6.69. The molecule has 0 heterocycles. The average molecular weight is 294 g/mol. The maximum atomic E-state index is 12.6. The van der Waals surface area contributed by atoms with E-state index in [9.17, 15) is 8.42 Å². The molecule has 0 aliphatic carbocycles. The van der Waals surface area contributed by atoms with E-state index >= 15 is 0 Å². The van der Waals surface area contributed by atoms with E-state index in [4.69, 9.17) is 5.26 Å². The standard InChI is InChI=1S/C15H22N2O2S/c1-3-5-10-17(11-6-4-2)20(18,19)15-9-7-8-14(12-15)13-16/h7-9,12H,3-6,10-11H2,1-2H3. The Kier molecular flexibility index (Phi) is 6.69. The van der Waals surface area contributed by atoms with Gasteiger partial charge in [-0.3, -0.25) is 0 Å². The first-order valence-corrected chi connectivity index (χ1v) is 8.50. The fourth-order valence-corrected chi connectivity index (χ4v) is 3.46. The maximum absolute atomic E-state index is 12.6. The highest BCUT2D eigenvalue weighted by molar-refractivity contribution is 7.89. The van der Waals surface area contributed by atoms with Crippen LogP contribution < -0.4 is 0 Å². The van der Waals surface area contributed by atoms with Gasteiger partial charge in [0.2, 0.25) is 10.0 Å². The van der Waals surface area contributed by atoms with Gasteiger partial charge in [0.05, 0.1) is 16.5 Å². The van der Waals surface area contributed by atoms with Gasteiger partial charge in [-0.05, 0) is 31.0 Å². The highest BCUT2D eigenvalue weighted by Crippen LogP contribution is 2.18. The third-order valence-corrected chi connectivity index (χ3v) is 5.02. The van der Waals surface area contributed by atoms with E-state index < -0.39 is 10.0 Å². The molecule has 0 amide bonds. The normalized spacial score (nSPS) is 11.5. The Morgan fingerprint density at radius 2 is 1.75 bits per heavy atom. The van der Waals surface area contributed by atoms with Crippen molar-refractivity contribution in [3.63, 3.8) is 0 Å². The quantitative estimate of drug-likeness (QED) is 0.740. The molecular weight excluding hydrogens is 272 g/mol. The maximum Gasteiger partial charge on any atom is 0.243 e. The molecule has 0 aromatic heterocycles. The number of hydrogen-bond acceptors (Lipinski definition) is 3. The van der Waals surface area contributed by atoms with Crippen LogP contribution in [0.2, 0.25) is 0 Å². The molecule has 0 N–H and O–H groups in total. The largest absolute Gasteiger partial charge is 0.243 e. The Bertz CT molecular complexity index is 553. The summed E-state index contributed by atoms with van der Waals surface area (Å²) < 4.78 is 26.8. The number of nitriles is 1. The first-order chi connectivity index (χ1) is 9.56. The molecule has 5 heteroatoms. The van der Waals surface area contributed by atoms with E-state index in [0.29, 0.717) is 18.7 Å². The Balaban J connectivity index is 3.04. The Morgan fingerprint density at radius 1 is 1.15 bits per heavy atom. The van der Waals surface area contributed by atoms with Crippen molar-refractivity contribution in [1.29, 1.82) is 5.26 Å². The molecule has 20 heavy (non-hydrogen) atoms. The molecule has 0 radical (unpaired) electrons. The lowest BCUT2D eigenvalue weighted by atomic mass is 10.2. The highest BCUT2D eigenvalue weighted by Gasteiger charge is 2.23. The van der Waals surface area contributed by atoms with Crippen LogP contribution in [0.1, 0.15) is 45.1 Å². The van der Waals surface area contributed by atoms with Crippen LogP contribution in [0.4, 0.5) is 0 Å². The first kappa shape index (κ1) is 16.7. The summed E-state index contributed by atoms with van der Waals surface area (Å²) >= 11 is 0. The smallest absolute Gasteiger partial charge is 0.207 e. The van der Waals surface area contributed by atoms with Crippen molar-refractivity contribution in [2.75, 3.05) is 13.1 Å². The van der Waals surface area contributed by atoms with Gasteiger partial charge in [0, 0.05) is 13.1 Å². The number of sulfonamides is 1. The van der Waals surface area contributed by atoms with Gasteiger partial charge in [-0.1, -0.05) is 32.8 Å². The zero-order valence-corrected chi connectivity index (χ0v) is 13.0. The van der Waals surface area contributed by atoms with E-state index in [1.807, 2.05) is 19.9 Å². The van der Waals surface area contributed by atoms with E-state index in [1.165, 1.54) is 10.4 Å². The van der Waals surface area contributed by atoms with Crippen molar-refractivity contribution in [2.45, 2.75) is 44.4 Å². The minimum atomic E-state index is -3.50. The zero-order chi connectivity index (χ0) is 15.0. The van der Waals surface area contributed by atoms with Crippen LogP contribution in [0.25, 0.3) is 0 Å². The third kappa shape index (κ3) is 4.32. The average Bonchev–Trinajstić information content (AvgIpc) is 2.47. The monoisotopic (exact) mass is 294 g/mol. The van der Waals surface area contributed by atoms with Gasteiger partial charge < -0.3 is 0 Å². The summed E-state index contributed by atoms with van der Waals surface area (Å²) in [5.74, 6) is 0. The zero-order valence-electron chi connectivity index (χ0n) is 12.2. The molecule has 0 saturated heterocycles. The number of benzene rings is 1. The van der Waals surface area contributed by atoms with Crippen LogP contribution in [-0.4, -0.2) is 25.8 Å². The summed E-state index contributed by atoms with van der Waals surface area (Å²) in [4.78, 5) is 0.212. The molecule has 0 unspecified atom stereocenters. The van der Waals surface area contributed by atoms with E-state index in [2.05, 4.69) is 0 Å². The minimum Gasteiger partial charge on any atom is -0.207 e. The second-order valence-electron chi connectivity index (χ2n) is 4.75. The molecule has 0 saturated carbocycles. The Morgan fingerprint density at radius 3 is 2.25 bits per heavy atom. The molecule has 0 spiro atoms. The van der Waals surface area contributed by atoms with Crippen molar-refractivity contribution >= 4 is 10.0 Å². The topological polar surface area (TPSA) is 61.2 Å². The van der Waals surface area contributed by atoms with E-state index in [-0.39, 0.29) is 4.90 Å². The van der Waals surface area contributed by atoms with Crippen molar-refractivity contribution in [1.82, 2.24) is 4.31 Å². The van der Waals surface area contributed by atoms with Crippen LogP contribution in [0.5, 0.6) is 0 Å². The highest BCUT2D eigenvalue weighted by atomic mass is 32.2. The number of rotatable bonds is 8. The van der Waals surface area contributed by atoms with Crippen LogP contribution in [-0.2, 0) is 10.0 Å². The number of hydrogen-bond donors (Lipinski definition) is 0. The lowest BCUT2D eigenvalue weighted by molar-refractivity contribution is 0.395. The third-order valence-electron chi connectivity index (χ3n) is 3.12. The summed E-state index contributed by atoms with van der Waals surface area (Å²) in [7, 11) is -3.50. The summed E-state index contributed by atoms with van der Waals surface area (Å²) in [6, 6.07) is 8.21. The van der Waals surface area contributed by atoms with E-state index in [0.717, 1.165) is 25.7 Å². The van der Waals surface area contributed by atoms with Crippen LogP contribution >= 0.6 is 0 Å². The van der Waals surface area contributed by atoms with Gasteiger partial charge in [0.15, 0.2) is 0 Å². The molecule has 1 rings (SSSR count). The van der Waals surface area contributed by atoms with Crippen LogP contribution in [0.3, 0.4) is 0 Å². The SMILES string of the molecule is CCCCN(CCCC)S(=O)(=O)c1cccc(C#N)c1. The molecule has 0 aliphatic heterocycles. The van der Waals surface area contributed by atoms with Gasteiger partial charge in [0.25, 0.3) is 0 Å². The second kappa shape index (κ2) is 8.03. The molecule has 4 nitrogen and oxygen atoms in total. The van der Waals surface area contributed by atoms with Crippen LogP contribution in [0.15, 0.2) is 29.2 Å². The summed E-state index contributed by atoms with van der Waals surface area (Å²) in [5, 5.41) is 8.89. The van der Waals surface area contributed by atoms with E-state index in [1.54, 1.807) is 18.2 Å². The molecule has 110 valence electrons. The van der Waals surface area contributed by atoms with Crippen molar-refractivity contribution in [2.24, 2.45) is 0 Å². The van der Waals surface area contributed by atoms with Crippen LogP contribution in [0, 0.1) is 11.3 Å². The minimum absolute atomic E-state index is 0.212. The molecule has 0 aliphatic rings. The van der Waals surface area contributed by atoms with Crippen molar-refractivity contribution in [3.05, 3.63) is 29.8 Å². The lowest BCUT2D eigenvalue weighted by Gasteiger charge is -2.22.